The molecule has 0 atom stereocenters. The zero-order chi connectivity index (χ0) is 8.10. The van der Waals surface area contributed by atoms with Gasteiger partial charge in [0, 0.05) is 5.75 Å². The molecule has 1 fully saturated rings. The molecular weight excluding hydrogens is 160 g/mol. The Bertz CT molecular complexity index is 132. The molecule has 0 saturated heterocycles. The van der Waals surface area contributed by atoms with E-state index in [1.165, 1.54) is 12.8 Å². The molecule has 0 amide bonds. The summed E-state index contributed by atoms with van der Waals surface area (Å²) in [4.78, 5) is 10.8. The van der Waals surface area contributed by atoms with Gasteiger partial charge in [0.15, 0.2) is 0 Å². The molecule has 0 unspecified atom stereocenters. The molecule has 2 nitrogen and oxygen atoms in total. The number of hydrogen-bond acceptors (Lipinski definition) is 3. The van der Waals surface area contributed by atoms with Crippen molar-refractivity contribution in [2.24, 2.45) is 5.92 Å². The minimum Gasteiger partial charge on any atom is -0.466 e. The first-order valence-corrected chi connectivity index (χ1v) is 4.72. The zero-order valence-electron chi connectivity index (χ0n) is 6.58. The second-order valence-corrected chi connectivity index (χ2v) is 3.37. The molecule has 1 rings (SSSR count). The number of carbonyl (C=O) groups is 1. The first kappa shape index (κ1) is 8.91. The van der Waals surface area contributed by atoms with Crippen molar-refractivity contribution in [3.8, 4) is 0 Å². The van der Waals surface area contributed by atoms with Crippen molar-refractivity contribution in [2.45, 2.75) is 25.7 Å². The van der Waals surface area contributed by atoms with Gasteiger partial charge in [-0.2, -0.15) is 12.6 Å². The molecule has 1 aliphatic rings. The second kappa shape index (κ2) is 4.65. The van der Waals surface area contributed by atoms with Crippen LogP contribution >= 0.6 is 12.6 Å². The van der Waals surface area contributed by atoms with Crippen LogP contribution in [0.25, 0.3) is 0 Å². The van der Waals surface area contributed by atoms with E-state index in [1.54, 1.807) is 0 Å². The number of hydrogen-bond donors (Lipinski definition) is 1. The fourth-order valence-corrected chi connectivity index (χ4v) is 1.09. The van der Waals surface area contributed by atoms with Crippen LogP contribution in [0.5, 0.6) is 0 Å². The fraction of sp³-hybridized carbons (Fsp3) is 0.875. The van der Waals surface area contributed by atoms with E-state index in [2.05, 4.69) is 12.6 Å². The highest BCUT2D eigenvalue weighted by Gasteiger charge is 2.20. The predicted octanol–water partition coefficient (Wildman–Crippen LogP) is 1.65. The third-order valence-corrected chi connectivity index (χ3v) is 2.03. The lowest BCUT2D eigenvalue weighted by molar-refractivity contribution is -0.143. The number of carbonyl (C=O) groups excluding carboxylic acids is 1. The average molecular weight is 174 g/mol. The minimum atomic E-state index is -0.111. The lowest BCUT2D eigenvalue weighted by atomic mass is 10.3. The Morgan fingerprint density at radius 3 is 2.82 bits per heavy atom. The first-order valence-electron chi connectivity index (χ1n) is 4.09. The van der Waals surface area contributed by atoms with E-state index >= 15 is 0 Å². The van der Waals surface area contributed by atoms with Crippen LogP contribution in [-0.2, 0) is 9.53 Å². The van der Waals surface area contributed by atoms with Crippen LogP contribution in [0.1, 0.15) is 25.7 Å². The van der Waals surface area contributed by atoms with Crippen LogP contribution in [0.3, 0.4) is 0 Å². The van der Waals surface area contributed by atoms with E-state index in [0.29, 0.717) is 18.8 Å². The maximum Gasteiger partial charge on any atom is 0.306 e. The van der Waals surface area contributed by atoms with Gasteiger partial charge in [0.1, 0.15) is 0 Å². The summed E-state index contributed by atoms with van der Waals surface area (Å²) in [5.41, 5.74) is 0. The van der Waals surface area contributed by atoms with Crippen molar-refractivity contribution in [1.82, 2.24) is 0 Å². The van der Waals surface area contributed by atoms with Crippen LogP contribution in [0.15, 0.2) is 0 Å². The Morgan fingerprint density at radius 2 is 2.27 bits per heavy atom. The van der Waals surface area contributed by atoms with Gasteiger partial charge in [0.05, 0.1) is 13.0 Å². The second-order valence-electron chi connectivity index (χ2n) is 2.93. The number of esters is 1. The van der Waals surface area contributed by atoms with Crippen LogP contribution in [0.2, 0.25) is 0 Å². The van der Waals surface area contributed by atoms with Gasteiger partial charge in [-0.1, -0.05) is 12.8 Å². The zero-order valence-corrected chi connectivity index (χ0v) is 7.48. The predicted molar refractivity (Wildman–Crippen MR) is 46.8 cm³/mol. The van der Waals surface area contributed by atoms with Crippen molar-refractivity contribution in [3.05, 3.63) is 0 Å². The van der Waals surface area contributed by atoms with Gasteiger partial charge < -0.3 is 4.74 Å². The lowest BCUT2D eigenvalue weighted by Crippen LogP contribution is -2.06. The summed E-state index contributed by atoms with van der Waals surface area (Å²) in [7, 11) is 0. The van der Waals surface area contributed by atoms with Crippen molar-refractivity contribution in [1.29, 1.82) is 0 Å². The summed E-state index contributed by atoms with van der Waals surface area (Å²) in [5.74, 6) is 1.32. The first-order chi connectivity index (χ1) is 5.33. The van der Waals surface area contributed by atoms with Crippen LogP contribution < -0.4 is 0 Å². The summed E-state index contributed by atoms with van der Waals surface area (Å²) in [6, 6.07) is 0. The van der Waals surface area contributed by atoms with Crippen LogP contribution in [0, 0.1) is 5.92 Å². The SMILES string of the molecule is O=C(CCS)OCCC1CC1. The van der Waals surface area contributed by atoms with Crippen molar-refractivity contribution in [3.63, 3.8) is 0 Å². The monoisotopic (exact) mass is 174 g/mol. The van der Waals surface area contributed by atoms with Crippen LogP contribution in [-0.4, -0.2) is 18.3 Å². The molecule has 0 N–H and O–H groups in total. The van der Waals surface area contributed by atoms with E-state index in [9.17, 15) is 4.79 Å². The molecule has 0 aromatic carbocycles. The smallest absolute Gasteiger partial charge is 0.306 e. The number of ether oxygens (including phenoxy) is 1. The highest BCUT2D eigenvalue weighted by molar-refractivity contribution is 7.80. The summed E-state index contributed by atoms with van der Waals surface area (Å²) in [5, 5.41) is 0. The van der Waals surface area contributed by atoms with E-state index in [1.807, 2.05) is 0 Å². The van der Waals surface area contributed by atoms with Crippen LogP contribution in [0.4, 0.5) is 0 Å². The molecule has 0 heterocycles. The van der Waals surface area contributed by atoms with E-state index in [4.69, 9.17) is 4.74 Å². The number of thiol groups is 1. The van der Waals surface area contributed by atoms with Gasteiger partial charge in [0.25, 0.3) is 0 Å². The molecule has 1 saturated carbocycles. The van der Waals surface area contributed by atoms with E-state index in [-0.39, 0.29) is 5.97 Å². The van der Waals surface area contributed by atoms with Gasteiger partial charge in [-0.15, -0.1) is 0 Å². The van der Waals surface area contributed by atoms with E-state index < -0.39 is 0 Å². The number of rotatable bonds is 5. The Hall–Kier alpha value is -0.180. The van der Waals surface area contributed by atoms with E-state index in [0.717, 1.165) is 12.3 Å². The lowest BCUT2D eigenvalue weighted by Gasteiger charge is -2.01. The summed E-state index contributed by atoms with van der Waals surface area (Å²) in [6.45, 7) is 0.608. The molecule has 3 heteroatoms. The van der Waals surface area contributed by atoms with Gasteiger partial charge in [-0.3, -0.25) is 4.79 Å². The molecule has 0 radical (unpaired) electrons. The largest absolute Gasteiger partial charge is 0.466 e. The molecule has 0 spiro atoms. The third kappa shape index (κ3) is 4.30. The molecular formula is C8H14O2S. The maximum atomic E-state index is 10.8. The average Bonchev–Trinajstić information content (AvgIpc) is 2.72. The highest BCUT2D eigenvalue weighted by Crippen LogP contribution is 2.32. The normalized spacial score (nSPS) is 16.5. The van der Waals surface area contributed by atoms with Crippen molar-refractivity contribution < 1.29 is 9.53 Å². The summed E-state index contributed by atoms with van der Waals surface area (Å²) < 4.78 is 4.95. The summed E-state index contributed by atoms with van der Waals surface area (Å²) in [6.07, 6.45) is 4.14. The maximum absolute atomic E-state index is 10.8. The van der Waals surface area contributed by atoms with Gasteiger partial charge in [0.2, 0.25) is 0 Å². The molecule has 0 aromatic heterocycles. The summed E-state index contributed by atoms with van der Waals surface area (Å²) >= 11 is 3.93. The molecule has 0 bridgehead atoms. The van der Waals surface area contributed by atoms with Gasteiger partial charge in [-0.05, 0) is 12.3 Å². The Morgan fingerprint density at radius 1 is 1.55 bits per heavy atom. The Balaban J connectivity index is 1.88. The van der Waals surface area contributed by atoms with Gasteiger partial charge >= 0.3 is 5.97 Å². The molecule has 11 heavy (non-hydrogen) atoms. The van der Waals surface area contributed by atoms with Gasteiger partial charge in [-0.25, -0.2) is 0 Å². The fourth-order valence-electron chi connectivity index (χ4n) is 0.909. The van der Waals surface area contributed by atoms with Crippen molar-refractivity contribution >= 4 is 18.6 Å². The molecule has 0 aromatic rings. The Labute approximate surface area is 72.7 Å². The molecule has 1 aliphatic carbocycles. The minimum absolute atomic E-state index is 0.111. The molecule has 0 aliphatic heterocycles. The Kier molecular flexibility index (Phi) is 3.77. The molecule has 64 valence electrons. The highest BCUT2D eigenvalue weighted by atomic mass is 32.1. The topological polar surface area (TPSA) is 26.3 Å². The quantitative estimate of drug-likeness (QED) is 0.506. The standard InChI is InChI=1S/C8H14O2S/c9-8(4-6-11)10-5-3-7-1-2-7/h7,11H,1-6H2. The third-order valence-electron chi connectivity index (χ3n) is 1.80. The van der Waals surface area contributed by atoms with Crippen molar-refractivity contribution in [2.75, 3.05) is 12.4 Å².